The summed E-state index contributed by atoms with van der Waals surface area (Å²) in [6.07, 6.45) is 8.34. The van der Waals surface area contributed by atoms with Crippen molar-refractivity contribution in [2.45, 2.75) is 58.1 Å². The van der Waals surface area contributed by atoms with E-state index in [1.807, 2.05) is 0 Å². The number of esters is 1. The molecule has 0 radical (unpaired) electrons. The third kappa shape index (κ3) is 6.99. The lowest BCUT2D eigenvalue weighted by molar-refractivity contribution is -0.158. The topological polar surface area (TPSA) is 136 Å². The number of aromatic nitrogens is 3. The molecule has 1 saturated carbocycles. The molecule has 0 spiro atoms. The number of aryl methyl sites for hydroxylation is 1. The number of fused-ring (bicyclic) bond motifs is 1. The van der Waals surface area contributed by atoms with Gasteiger partial charge in [0.05, 0.1) is 24.4 Å². The predicted octanol–water partition coefficient (Wildman–Crippen LogP) is 3.50. The van der Waals surface area contributed by atoms with Crippen LogP contribution >= 0.6 is 0 Å². The highest BCUT2D eigenvalue weighted by molar-refractivity contribution is 6.08. The lowest BCUT2D eigenvalue weighted by Gasteiger charge is -2.32. The van der Waals surface area contributed by atoms with Gasteiger partial charge in [-0.3, -0.25) is 24.3 Å². The summed E-state index contributed by atoms with van der Waals surface area (Å²) in [6.45, 7) is 2.95. The number of ether oxygens (including phenoxy) is 2. The predicted molar refractivity (Wildman–Crippen MR) is 145 cm³/mol. The van der Waals surface area contributed by atoms with E-state index >= 15 is 0 Å². The van der Waals surface area contributed by atoms with Gasteiger partial charge >= 0.3 is 5.97 Å². The van der Waals surface area contributed by atoms with Gasteiger partial charge in [-0.05, 0) is 38.0 Å². The van der Waals surface area contributed by atoms with E-state index in [0.29, 0.717) is 17.4 Å². The zero-order valence-electron chi connectivity index (χ0n) is 22.4. The minimum absolute atomic E-state index is 0. The summed E-state index contributed by atoms with van der Waals surface area (Å²) in [5.74, 6) is -0.509. The number of hydrogen-bond acceptors (Lipinski definition) is 7. The second-order valence-electron chi connectivity index (χ2n) is 9.29. The summed E-state index contributed by atoms with van der Waals surface area (Å²) < 4.78 is 11.5. The Labute approximate surface area is 222 Å². The molecule has 0 aliphatic heterocycles. The van der Waals surface area contributed by atoms with Gasteiger partial charge < -0.3 is 24.3 Å². The van der Waals surface area contributed by atoms with Crippen LogP contribution in [0.1, 0.15) is 57.7 Å². The molecule has 11 heteroatoms. The number of carbonyl (C=O) groups excluding carboxylic acids is 3. The van der Waals surface area contributed by atoms with E-state index in [-0.39, 0.29) is 18.6 Å². The van der Waals surface area contributed by atoms with E-state index in [0.717, 1.165) is 23.7 Å². The zero-order valence-corrected chi connectivity index (χ0v) is 22.4. The molecular formula is C27H37N5O6. The lowest BCUT2D eigenvalue weighted by Crippen LogP contribution is -2.44. The SMILES string of the molecule is CC(=O)O[C@H](C)C(=O)N(C)C1CCCCC1.COc1cc2[nH]ncc2cc1C(=O)Nc1cccn(C)c1=O.[HH]. The quantitative estimate of drug-likeness (QED) is 0.468. The normalized spacial score (nSPS) is 14.1. The van der Waals surface area contributed by atoms with Crippen LogP contribution in [0.4, 0.5) is 5.69 Å². The number of carbonyl (C=O) groups is 3. The number of nitrogens with zero attached hydrogens (tertiary/aromatic N) is 3. The van der Waals surface area contributed by atoms with E-state index in [4.69, 9.17) is 9.47 Å². The van der Waals surface area contributed by atoms with Crippen molar-refractivity contribution in [1.29, 1.82) is 0 Å². The first-order chi connectivity index (χ1) is 18.1. The molecule has 2 N–H and O–H groups in total. The number of hydrogen-bond donors (Lipinski definition) is 2. The van der Waals surface area contributed by atoms with Gasteiger partial charge in [0.15, 0.2) is 6.10 Å². The minimum atomic E-state index is -0.663. The molecule has 0 bridgehead atoms. The fraction of sp³-hybridized carbons (Fsp3) is 0.444. The third-order valence-electron chi connectivity index (χ3n) is 6.54. The summed E-state index contributed by atoms with van der Waals surface area (Å²) >= 11 is 0. The first kappa shape index (κ1) is 28.4. The average Bonchev–Trinajstić information content (AvgIpc) is 3.37. The zero-order chi connectivity index (χ0) is 27.8. The molecule has 11 nitrogen and oxygen atoms in total. The van der Waals surface area contributed by atoms with Crippen LogP contribution in [0, 0.1) is 0 Å². The molecule has 1 aliphatic rings. The number of benzene rings is 1. The number of pyridine rings is 1. The van der Waals surface area contributed by atoms with Gasteiger partial charge in [-0.2, -0.15) is 5.10 Å². The van der Waals surface area contributed by atoms with Crippen molar-refractivity contribution in [3.05, 3.63) is 52.6 Å². The van der Waals surface area contributed by atoms with Crippen LogP contribution in [0.2, 0.25) is 0 Å². The maximum Gasteiger partial charge on any atom is 0.303 e. The second kappa shape index (κ2) is 12.9. The van der Waals surface area contributed by atoms with Crippen LogP contribution < -0.4 is 15.6 Å². The number of likely N-dealkylation sites (N-methyl/N-ethyl adjacent to an activating group) is 1. The number of nitrogens with one attached hydrogen (secondary N) is 2. The molecule has 1 fully saturated rings. The Bertz CT molecular complexity index is 1350. The van der Waals surface area contributed by atoms with E-state index in [1.54, 1.807) is 62.6 Å². The number of anilines is 1. The van der Waals surface area contributed by atoms with Gasteiger partial charge in [-0.15, -0.1) is 0 Å². The smallest absolute Gasteiger partial charge is 0.303 e. The van der Waals surface area contributed by atoms with Crippen molar-refractivity contribution in [2.24, 2.45) is 7.05 Å². The maximum atomic E-state index is 12.5. The molecule has 4 rings (SSSR count). The molecule has 1 aromatic carbocycles. The van der Waals surface area contributed by atoms with Crippen LogP contribution in [0.5, 0.6) is 5.75 Å². The molecule has 0 saturated heterocycles. The van der Waals surface area contributed by atoms with Crippen molar-refractivity contribution in [3.8, 4) is 5.75 Å². The standard InChI is InChI=1S/C15H14N4O3.C12H21NO3.H2/c1-19-5-3-4-11(15(19)21)17-14(20)10-6-9-8-16-18-12(9)7-13(10)22-2;1-9(16-10(2)14)12(15)13(3)11-7-5-4-6-8-11;/h3-8H,1-2H3,(H,16,18)(H,17,20);9,11H,4-8H2,1-3H3;1H/t;9-;/m.1./s1. The monoisotopic (exact) mass is 527 g/mol. The van der Waals surface area contributed by atoms with Crippen LogP contribution in [0.3, 0.4) is 0 Å². The molecule has 2 amide bonds. The first-order valence-electron chi connectivity index (χ1n) is 12.5. The number of methoxy groups -OCH3 is 1. The Hall–Kier alpha value is -4.15. The van der Waals surface area contributed by atoms with Gasteiger partial charge in [-0.25, -0.2) is 0 Å². The maximum absolute atomic E-state index is 12.5. The van der Waals surface area contributed by atoms with Gasteiger partial charge in [0.1, 0.15) is 11.4 Å². The number of aromatic amines is 1. The van der Waals surface area contributed by atoms with E-state index in [2.05, 4.69) is 15.5 Å². The molecule has 38 heavy (non-hydrogen) atoms. The molecule has 2 aromatic heterocycles. The first-order valence-corrected chi connectivity index (χ1v) is 12.5. The molecular weight excluding hydrogens is 490 g/mol. The van der Waals surface area contributed by atoms with E-state index in [9.17, 15) is 19.2 Å². The van der Waals surface area contributed by atoms with Gasteiger partial charge in [0, 0.05) is 46.1 Å². The Morgan fingerprint density at radius 3 is 2.61 bits per heavy atom. The highest BCUT2D eigenvalue weighted by Crippen LogP contribution is 2.25. The summed E-state index contributed by atoms with van der Waals surface area (Å²) in [6, 6.07) is 6.93. The van der Waals surface area contributed by atoms with Crippen molar-refractivity contribution in [1.82, 2.24) is 19.7 Å². The van der Waals surface area contributed by atoms with Crippen LogP contribution in [0.15, 0.2) is 41.5 Å². The second-order valence-corrected chi connectivity index (χ2v) is 9.29. The third-order valence-corrected chi connectivity index (χ3v) is 6.54. The van der Waals surface area contributed by atoms with E-state index in [1.165, 1.54) is 37.9 Å². The summed E-state index contributed by atoms with van der Waals surface area (Å²) in [5, 5.41) is 10.1. The average molecular weight is 528 g/mol. The molecule has 3 aromatic rings. The highest BCUT2D eigenvalue weighted by atomic mass is 16.5. The van der Waals surface area contributed by atoms with Gasteiger partial charge in [0.25, 0.3) is 17.4 Å². The van der Waals surface area contributed by atoms with Crippen molar-refractivity contribution < 1.29 is 25.3 Å². The summed E-state index contributed by atoms with van der Waals surface area (Å²) in [7, 11) is 4.91. The molecule has 2 heterocycles. The number of amides is 2. The van der Waals surface area contributed by atoms with Crippen molar-refractivity contribution in [3.63, 3.8) is 0 Å². The van der Waals surface area contributed by atoms with Gasteiger partial charge in [-0.1, -0.05) is 19.3 Å². The Kier molecular flexibility index (Phi) is 9.64. The molecule has 0 unspecified atom stereocenters. The van der Waals surface area contributed by atoms with Crippen molar-refractivity contribution >= 4 is 34.4 Å². The summed E-state index contributed by atoms with van der Waals surface area (Å²) in [5.41, 5.74) is 1.04. The molecule has 1 atom stereocenters. The number of rotatable bonds is 6. The van der Waals surface area contributed by atoms with E-state index < -0.39 is 18.0 Å². The number of H-pyrrole nitrogens is 1. The van der Waals surface area contributed by atoms with Gasteiger partial charge in [0.2, 0.25) is 0 Å². The molecule has 206 valence electrons. The van der Waals surface area contributed by atoms with Crippen LogP contribution in [-0.4, -0.2) is 63.8 Å². The lowest BCUT2D eigenvalue weighted by atomic mass is 9.94. The Morgan fingerprint density at radius 2 is 1.95 bits per heavy atom. The minimum Gasteiger partial charge on any atom is -0.496 e. The molecule has 1 aliphatic carbocycles. The fourth-order valence-corrected chi connectivity index (χ4v) is 4.43. The Balaban J connectivity index is 0.000000281. The fourth-order valence-electron chi connectivity index (χ4n) is 4.43. The highest BCUT2D eigenvalue weighted by Gasteiger charge is 2.26. The van der Waals surface area contributed by atoms with Crippen LogP contribution in [0.25, 0.3) is 10.9 Å². The largest absolute Gasteiger partial charge is 0.496 e. The van der Waals surface area contributed by atoms with Crippen LogP contribution in [-0.2, 0) is 21.4 Å². The summed E-state index contributed by atoms with van der Waals surface area (Å²) in [4.78, 5) is 48.8. The Morgan fingerprint density at radius 1 is 1.24 bits per heavy atom. The van der Waals surface area contributed by atoms with Crippen molar-refractivity contribution in [2.75, 3.05) is 19.5 Å².